The molecule has 1 aliphatic rings. The fourth-order valence-corrected chi connectivity index (χ4v) is 4.83. The van der Waals surface area contributed by atoms with Gasteiger partial charge in [0, 0.05) is 31.3 Å². The monoisotopic (exact) mass is 561 g/mol. The minimum Gasteiger partial charge on any atom is -0.497 e. The van der Waals surface area contributed by atoms with Gasteiger partial charge in [0.1, 0.15) is 17.3 Å². The average molecular weight is 562 g/mol. The molecule has 41 heavy (non-hydrogen) atoms. The number of unbranched alkanes of at least 4 members (excludes halogenated alkanes) is 2. The summed E-state index contributed by atoms with van der Waals surface area (Å²) in [6.07, 6.45) is 3.95. The van der Waals surface area contributed by atoms with Crippen LogP contribution in [0.4, 0.5) is 5.69 Å². The van der Waals surface area contributed by atoms with Crippen LogP contribution in [0.2, 0.25) is 0 Å². The minimum absolute atomic E-state index is 0.0791. The van der Waals surface area contributed by atoms with Gasteiger partial charge in [-0.2, -0.15) is 0 Å². The number of fused-ring (bicyclic) bond motifs is 1. The standard InChI is InChI=1S/C32H39N3O6/c1-7-8-9-12-21(2)35(20-23-16-15-22-13-10-11-14-25(22)33-23)29(28-30(36)40-32(3,4)41-31(28)37)34-26-18-17-24(38-5)19-27(26)39-6/h10-11,13-19,21,34H,7-9,12,20H2,1-6H3. The van der Waals surface area contributed by atoms with Gasteiger partial charge in [-0.3, -0.25) is 4.98 Å². The predicted octanol–water partition coefficient (Wildman–Crippen LogP) is 6.18. The number of rotatable bonds is 12. The lowest BCUT2D eigenvalue weighted by Gasteiger charge is -2.37. The molecule has 2 heterocycles. The number of nitrogens with one attached hydrogen (secondary N) is 1. The Morgan fingerprint density at radius 2 is 1.73 bits per heavy atom. The zero-order chi connectivity index (χ0) is 29.6. The number of cyclic esters (lactones) is 2. The number of anilines is 1. The molecule has 1 atom stereocenters. The number of carbonyl (C=O) groups is 2. The highest BCUT2D eigenvalue weighted by atomic mass is 16.7. The second-order valence-corrected chi connectivity index (χ2v) is 10.6. The van der Waals surface area contributed by atoms with Crippen LogP contribution in [0, 0.1) is 0 Å². The maximum absolute atomic E-state index is 13.4. The summed E-state index contributed by atoms with van der Waals surface area (Å²) in [5.74, 6) is -1.57. The van der Waals surface area contributed by atoms with E-state index in [2.05, 4.69) is 19.2 Å². The molecule has 0 amide bonds. The zero-order valence-corrected chi connectivity index (χ0v) is 24.7. The molecule has 1 aromatic heterocycles. The number of esters is 2. The molecule has 1 unspecified atom stereocenters. The molecule has 9 nitrogen and oxygen atoms in total. The summed E-state index contributed by atoms with van der Waals surface area (Å²) in [7, 11) is 3.11. The molecule has 3 aromatic rings. The fourth-order valence-electron chi connectivity index (χ4n) is 4.83. The van der Waals surface area contributed by atoms with Crippen molar-refractivity contribution in [1.82, 2.24) is 9.88 Å². The maximum atomic E-state index is 13.4. The number of ether oxygens (including phenoxy) is 4. The van der Waals surface area contributed by atoms with Gasteiger partial charge in [-0.15, -0.1) is 0 Å². The first-order chi connectivity index (χ1) is 19.7. The van der Waals surface area contributed by atoms with Gasteiger partial charge in [-0.1, -0.05) is 50.5 Å². The van der Waals surface area contributed by atoms with Crippen molar-refractivity contribution in [2.24, 2.45) is 0 Å². The van der Waals surface area contributed by atoms with Crippen molar-refractivity contribution >= 4 is 28.5 Å². The molecule has 1 fully saturated rings. The van der Waals surface area contributed by atoms with Crippen LogP contribution in [-0.2, 0) is 25.6 Å². The Kier molecular flexibility index (Phi) is 9.37. The lowest BCUT2D eigenvalue weighted by molar-refractivity contribution is -0.222. The Morgan fingerprint density at radius 1 is 1.00 bits per heavy atom. The van der Waals surface area contributed by atoms with E-state index in [0.717, 1.165) is 42.3 Å². The number of hydrogen-bond donors (Lipinski definition) is 1. The van der Waals surface area contributed by atoms with E-state index in [1.54, 1.807) is 32.4 Å². The third kappa shape index (κ3) is 7.09. The first-order valence-electron chi connectivity index (χ1n) is 14.0. The number of benzene rings is 2. The van der Waals surface area contributed by atoms with E-state index in [0.29, 0.717) is 23.7 Å². The van der Waals surface area contributed by atoms with Crippen LogP contribution in [0.25, 0.3) is 10.9 Å². The summed E-state index contributed by atoms with van der Waals surface area (Å²) in [5.41, 5.74) is 1.97. The van der Waals surface area contributed by atoms with Crippen molar-refractivity contribution < 1.29 is 28.5 Å². The lowest BCUT2D eigenvalue weighted by atomic mass is 10.1. The number of nitrogens with zero attached hydrogens (tertiary/aromatic N) is 2. The number of aromatic nitrogens is 1. The molecule has 0 bridgehead atoms. The van der Waals surface area contributed by atoms with E-state index in [4.69, 9.17) is 23.9 Å². The number of para-hydroxylation sites is 1. The van der Waals surface area contributed by atoms with Crippen molar-refractivity contribution in [2.75, 3.05) is 19.5 Å². The first kappa shape index (κ1) is 29.7. The second kappa shape index (κ2) is 12.9. The highest BCUT2D eigenvalue weighted by molar-refractivity contribution is 6.16. The van der Waals surface area contributed by atoms with E-state index in [1.165, 1.54) is 13.8 Å². The predicted molar refractivity (Wildman–Crippen MR) is 157 cm³/mol. The van der Waals surface area contributed by atoms with Crippen LogP contribution < -0.4 is 14.8 Å². The summed E-state index contributed by atoms with van der Waals surface area (Å²) < 4.78 is 22.0. The molecule has 9 heteroatoms. The lowest BCUT2D eigenvalue weighted by Crippen LogP contribution is -2.45. The first-order valence-corrected chi connectivity index (χ1v) is 14.0. The van der Waals surface area contributed by atoms with Gasteiger partial charge < -0.3 is 29.2 Å². The van der Waals surface area contributed by atoms with E-state index in [9.17, 15) is 9.59 Å². The van der Waals surface area contributed by atoms with Gasteiger partial charge in [0.05, 0.1) is 37.7 Å². The molecule has 1 aliphatic heterocycles. The van der Waals surface area contributed by atoms with E-state index in [1.807, 2.05) is 41.3 Å². The van der Waals surface area contributed by atoms with E-state index in [-0.39, 0.29) is 17.4 Å². The van der Waals surface area contributed by atoms with Crippen molar-refractivity contribution in [3.05, 3.63) is 71.7 Å². The van der Waals surface area contributed by atoms with Crippen LogP contribution in [0.3, 0.4) is 0 Å². The molecular formula is C32H39N3O6. The number of carbonyl (C=O) groups excluding carboxylic acids is 2. The molecule has 218 valence electrons. The largest absolute Gasteiger partial charge is 0.497 e. The topological polar surface area (TPSA) is 99.2 Å². The highest BCUT2D eigenvalue weighted by Gasteiger charge is 2.43. The summed E-state index contributed by atoms with van der Waals surface area (Å²) in [6, 6.07) is 17.1. The highest BCUT2D eigenvalue weighted by Crippen LogP contribution is 2.34. The fraction of sp³-hybridized carbons (Fsp3) is 0.406. The van der Waals surface area contributed by atoms with Gasteiger partial charge >= 0.3 is 11.9 Å². The SMILES string of the molecule is CCCCCC(C)N(Cc1ccc2ccccc2n1)C(Nc1ccc(OC)cc1OC)=C1C(=O)OC(C)(C)OC1=O. The number of hydrogen-bond acceptors (Lipinski definition) is 9. The molecule has 2 aromatic carbocycles. The third-order valence-electron chi connectivity index (χ3n) is 7.02. The maximum Gasteiger partial charge on any atom is 0.352 e. The Bertz CT molecular complexity index is 1410. The molecule has 0 saturated carbocycles. The summed E-state index contributed by atoms with van der Waals surface area (Å²) in [6.45, 7) is 7.62. The Balaban J connectivity index is 1.85. The molecule has 0 spiro atoms. The summed E-state index contributed by atoms with van der Waals surface area (Å²) in [4.78, 5) is 33.7. The summed E-state index contributed by atoms with van der Waals surface area (Å²) in [5, 5.41) is 4.36. The Hall–Kier alpha value is -4.27. The molecule has 0 aliphatic carbocycles. The van der Waals surface area contributed by atoms with Crippen molar-refractivity contribution in [2.45, 2.75) is 71.8 Å². The molecule has 1 N–H and O–H groups in total. The molecule has 0 radical (unpaired) electrons. The van der Waals surface area contributed by atoms with Gasteiger partial charge in [-0.25, -0.2) is 9.59 Å². The van der Waals surface area contributed by atoms with Gasteiger partial charge in [0.15, 0.2) is 5.57 Å². The molecule has 4 rings (SSSR count). The zero-order valence-electron chi connectivity index (χ0n) is 24.7. The summed E-state index contributed by atoms with van der Waals surface area (Å²) >= 11 is 0. The van der Waals surface area contributed by atoms with Crippen LogP contribution in [0.15, 0.2) is 66.0 Å². The van der Waals surface area contributed by atoms with Crippen LogP contribution in [0.1, 0.15) is 59.1 Å². The van der Waals surface area contributed by atoms with Crippen LogP contribution in [-0.4, -0.2) is 47.9 Å². The van der Waals surface area contributed by atoms with Crippen molar-refractivity contribution in [3.63, 3.8) is 0 Å². The van der Waals surface area contributed by atoms with Crippen molar-refractivity contribution in [3.8, 4) is 11.5 Å². The van der Waals surface area contributed by atoms with Gasteiger partial charge in [0.25, 0.3) is 5.79 Å². The van der Waals surface area contributed by atoms with E-state index >= 15 is 0 Å². The Morgan fingerprint density at radius 3 is 2.41 bits per heavy atom. The average Bonchev–Trinajstić information content (AvgIpc) is 2.94. The quantitative estimate of drug-likeness (QED) is 0.120. The second-order valence-electron chi connectivity index (χ2n) is 10.6. The third-order valence-corrected chi connectivity index (χ3v) is 7.02. The van der Waals surface area contributed by atoms with Gasteiger partial charge in [0.2, 0.25) is 0 Å². The molecular weight excluding hydrogens is 522 g/mol. The molecule has 1 saturated heterocycles. The van der Waals surface area contributed by atoms with Crippen molar-refractivity contribution in [1.29, 1.82) is 0 Å². The Labute approximate surface area is 241 Å². The minimum atomic E-state index is -1.38. The van der Waals surface area contributed by atoms with Crippen LogP contribution >= 0.6 is 0 Å². The van der Waals surface area contributed by atoms with Gasteiger partial charge in [-0.05, 0) is 37.6 Å². The number of methoxy groups -OCH3 is 2. The smallest absolute Gasteiger partial charge is 0.352 e. The number of pyridine rings is 1. The van der Waals surface area contributed by atoms with Crippen LogP contribution in [0.5, 0.6) is 11.5 Å². The van der Waals surface area contributed by atoms with E-state index < -0.39 is 17.7 Å². The normalized spacial score (nSPS) is 15.1.